The lowest BCUT2D eigenvalue weighted by atomic mass is 9.94. The Morgan fingerprint density at radius 2 is 1.94 bits per heavy atom. The standard InChI is InChI=1S/C23H20F3N3O2/c1-14-3-4-16-5-6-17(19-10-28-8-7-21(19)23(24,25)26)9-18(16)20(14)12-29(13-30)11-15(2)22(27)31/h3-10,13H,2,11-12H2,1H3,(H2,27,31). The second-order valence-corrected chi connectivity index (χ2v) is 7.19. The van der Waals surface area contributed by atoms with Crippen LogP contribution in [0.2, 0.25) is 0 Å². The minimum Gasteiger partial charge on any atom is -0.366 e. The van der Waals surface area contributed by atoms with Gasteiger partial charge in [0.05, 0.1) is 12.1 Å². The zero-order valence-electron chi connectivity index (χ0n) is 16.7. The molecule has 0 spiro atoms. The van der Waals surface area contributed by atoms with E-state index in [9.17, 15) is 22.8 Å². The molecule has 3 rings (SSSR count). The number of aryl methyl sites for hydroxylation is 1. The van der Waals surface area contributed by atoms with Gasteiger partial charge in [-0.1, -0.05) is 30.8 Å². The lowest BCUT2D eigenvalue weighted by Gasteiger charge is -2.21. The number of hydrogen-bond donors (Lipinski definition) is 1. The lowest BCUT2D eigenvalue weighted by Crippen LogP contribution is -2.29. The molecule has 0 aliphatic carbocycles. The second kappa shape index (κ2) is 8.59. The molecular formula is C23H20F3N3O2. The number of rotatable bonds is 7. The SMILES string of the molecule is C=C(CN(C=O)Cc1c(C)ccc2ccc(-c3cnccc3C(F)(F)F)cc12)C(N)=O. The summed E-state index contributed by atoms with van der Waals surface area (Å²) in [6, 6.07) is 9.68. The molecule has 0 saturated carbocycles. The topological polar surface area (TPSA) is 76.3 Å². The quantitative estimate of drug-likeness (QED) is 0.453. The van der Waals surface area contributed by atoms with Crippen molar-refractivity contribution in [3.63, 3.8) is 0 Å². The number of carbonyl (C=O) groups excluding carboxylic acids is 2. The molecule has 5 nitrogen and oxygen atoms in total. The number of nitrogens with two attached hydrogens (primary N) is 1. The maximum absolute atomic E-state index is 13.5. The van der Waals surface area contributed by atoms with Crippen LogP contribution in [0, 0.1) is 6.92 Å². The van der Waals surface area contributed by atoms with Crippen LogP contribution in [-0.4, -0.2) is 28.7 Å². The monoisotopic (exact) mass is 427 g/mol. The Bertz CT molecular complexity index is 1170. The van der Waals surface area contributed by atoms with Crippen molar-refractivity contribution in [3.05, 3.63) is 77.6 Å². The summed E-state index contributed by atoms with van der Waals surface area (Å²) in [5.41, 5.74) is 6.44. The van der Waals surface area contributed by atoms with Crippen molar-refractivity contribution in [1.29, 1.82) is 0 Å². The van der Waals surface area contributed by atoms with Crippen molar-refractivity contribution in [1.82, 2.24) is 9.88 Å². The third-order valence-corrected chi connectivity index (χ3v) is 5.06. The molecule has 0 unspecified atom stereocenters. The number of hydrogen-bond acceptors (Lipinski definition) is 3. The molecule has 8 heteroatoms. The zero-order valence-corrected chi connectivity index (χ0v) is 16.7. The number of carbonyl (C=O) groups is 2. The summed E-state index contributed by atoms with van der Waals surface area (Å²) >= 11 is 0. The van der Waals surface area contributed by atoms with E-state index in [0.29, 0.717) is 17.4 Å². The molecule has 0 fully saturated rings. The van der Waals surface area contributed by atoms with E-state index >= 15 is 0 Å². The number of primary amides is 1. The molecule has 2 aromatic carbocycles. The number of amides is 2. The molecule has 1 heterocycles. The number of pyridine rings is 1. The largest absolute Gasteiger partial charge is 0.417 e. The number of alkyl halides is 3. The van der Waals surface area contributed by atoms with Crippen LogP contribution in [0.15, 0.2) is 60.9 Å². The van der Waals surface area contributed by atoms with Crippen LogP contribution in [0.4, 0.5) is 13.2 Å². The summed E-state index contributed by atoms with van der Waals surface area (Å²) in [7, 11) is 0. The van der Waals surface area contributed by atoms with Crippen LogP contribution in [0.25, 0.3) is 21.9 Å². The molecule has 0 atom stereocenters. The molecule has 3 aromatic rings. The van der Waals surface area contributed by atoms with E-state index < -0.39 is 17.6 Å². The Labute approximate surface area is 177 Å². The first-order valence-corrected chi connectivity index (χ1v) is 9.32. The molecular weight excluding hydrogens is 407 g/mol. The highest BCUT2D eigenvalue weighted by Gasteiger charge is 2.33. The Hall–Kier alpha value is -3.68. The van der Waals surface area contributed by atoms with E-state index in [1.54, 1.807) is 18.2 Å². The Morgan fingerprint density at radius 3 is 2.58 bits per heavy atom. The predicted molar refractivity (Wildman–Crippen MR) is 112 cm³/mol. The van der Waals surface area contributed by atoms with Gasteiger partial charge in [0.2, 0.25) is 12.3 Å². The summed E-state index contributed by atoms with van der Waals surface area (Å²) in [6.07, 6.45) is -1.64. The third-order valence-electron chi connectivity index (χ3n) is 5.06. The first-order valence-electron chi connectivity index (χ1n) is 9.32. The third kappa shape index (κ3) is 4.74. The normalized spacial score (nSPS) is 11.4. The van der Waals surface area contributed by atoms with Crippen molar-refractivity contribution >= 4 is 23.1 Å². The lowest BCUT2D eigenvalue weighted by molar-refractivity contribution is -0.137. The van der Waals surface area contributed by atoms with Crippen LogP contribution >= 0.6 is 0 Å². The van der Waals surface area contributed by atoms with Crippen molar-refractivity contribution in [2.75, 3.05) is 6.54 Å². The van der Waals surface area contributed by atoms with Crippen molar-refractivity contribution < 1.29 is 22.8 Å². The van der Waals surface area contributed by atoms with E-state index in [-0.39, 0.29) is 24.2 Å². The van der Waals surface area contributed by atoms with E-state index in [2.05, 4.69) is 11.6 Å². The van der Waals surface area contributed by atoms with Gasteiger partial charge in [0.25, 0.3) is 0 Å². The highest BCUT2D eigenvalue weighted by molar-refractivity contribution is 5.92. The fourth-order valence-electron chi connectivity index (χ4n) is 3.40. The molecule has 2 amide bonds. The minimum atomic E-state index is -4.52. The molecule has 0 radical (unpaired) electrons. The van der Waals surface area contributed by atoms with Gasteiger partial charge in [-0.2, -0.15) is 13.2 Å². The molecule has 31 heavy (non-hydrogen) atoms. The molecule has 0 aliphatic rings. The van der Waals surface area contributed by atoms with Gasteiger partial charge in [-0.15, -0.1) is 0 Å². The van der Waals surface area contributed by atoms with Crippen LogP contribution in [-0.2, 0) is 22.3 Å². The minimum absolute atomic E-state index is 0.0290. The maximum atomic E-state index is 13.5. The van der Waals surface area contributed by atoms with Gasteiger partial charge in [0, 0.05) is 30.1 Å². The second-order valence-electron chi connectivity index (χ2n) is 7.19. The average Bonchev–Trinajstić information content (AvgIpc) is 2.73. The van der Waals surface area contributed by atoms with Gasteiger partial charge in [-0.05, 0) is 46.5 Å². The Kier molecular flexibility index (Phi) is 6.10. The highest BCUT2D eigenvalue weighted by Crippen LogP contribution is 2.38. The van der Waals surface area contributed by atoms with Crippen LogP contribution in [0.1, 0.15) is 16.7 Å². The van der Waals surface area contributed by atoms with E-state index in [4.69, 9.17) is 5.73 Å². The summed E-state index contributed by atoms with van der Waals surface area (Å²) in [4.78, 5) is 28.0. The van der Waals surface area contributed by atoms with Gasteiger partial charge in [0.15, 0.2) is 0 Å². The van der Waals surface area contributed by atoms with E-state index in [1.165, 1.54) is 11.1 Å². The zero-order chi connectivity index (χ0) is 22.8. The average molecular weight is 427 g/mol. The number of halogens is 3. The van der Waals surface area contributed by atoms with E-state index in [0.717, 1.165) is 28.8 Å². The Balaban J connectivity index is 2.11. The molecule has 0 aliphatic heterocycles. The van der Waals surface area contributed by atoms with E-state index in [1.807, 2.05) is 19.1 Å². The number of benzene rings is 2. The number of nitrogens with zero attached hydrogens (tertiary/aromatic N) is 2. The van der Waals surface area contributed by atoms with Crippen molar-refractivity contribution in [2.45, 2.75) is 19.6 Å². The van der Waals surface area contributed by atoms with Gasteiger partial charge in [0.1, 0.15) is 0 Å². The first kappa shape index (κ1) is 22.0. The van der Waals surface area contributed by atoms with Crippen molar-refractivity contribution in [2.24, 2.45) is 5.73 Å². The molecule has 160 valence electrons. The van der Waals surface area contributed by atoms with Gasteiger partial charge in [-0.3, -0.25) is 14.6 Å². The summed E-state index contributed by atoms with van der Waals surface area (Å²) in [5, 5.41) is 1.51. The summed E-state index contributed by atoms with van der Waals surface area (Å²) in [5.74, 6) is -0.708. The Morgan fingerprint density at radius 1 is 1.23 bits per heavy atom. The van der Waals surface area contributed by atoms with Crippen LogP contribution in [0.3, 0.4) is 0 Å². The smallest absolute Gasteiger partial charge is 0.366 e. The number of fused-ring (bicyclic) bond motifs is 1. The van der Waals surface area contributed by atoms with Crippen LogP contribution in [0.5, 0.6) is 0 Å². The van der Waals surface area contributed by atoms with Crippen molar-refractivity contribution in [3.8, 4) is 11.1 Å². The summed E-state index contributed by atoms with van der Waals surface area (Å²) < 4.78 is 40.4. The molecule has 0 bridgehead atoms. The summed E-state index contributed by atoms with van der Waals surface area (Å²) in [6.45, 7) is 5.51. The fraction of sp³-hybridized carbons (Fsp3) is 0.174. The van der Waals surface area contributed by atoms with Crippen LogP contribution < -0.4 is 5.73 Å². The molecule has 1 aromatic heterocycles. The van der Waals surface area contributed by atoms with Gasteiger partial charge < -0.3 is 10.6 Å². The number of aromatic nitrogens is 1. The van der Waals surface area contributed by atoms with Gasteiger partial charge >= 0.3 is 6.18 Å². The molecule has 2 N–H and O–H groups in total. The maximum Gasteiger partial charge on any atom is 0.417 e. The predicted octanol–water partition coefficient (Wildman–Crippen LogP) is 4.23. The molecule has 0 saturated heterocycles. The first-order chi connectivity index (χ1) is 14.6. The fourth-order valence-corrected chi connectivity index (χ4v) is 3.40. The highest BCUT2D eigenvalue weighted by atomic mass is 19.4. The van der Waals surface area contributed by atoms with Gasteiger partial charge in [-0.25, -0.2) is 0 Å².